The van der Waals surface area contributed by atoms with Gasteiger partial charge in [-0.05, 0) is 31.3 Å². The van der Waals surface area contributed by atoms with Gasteiger partial charge in [-0.15, -0.1) is 0 Å². The van der Waals surface area contributed by atoms with Gasteiger partial charge < -0.3 is 15.3 Å². The van der Waals surface area contributed by atoms with Crippen LogP contribution in [0.3, 0.4) is 0 Å². The molecule has 16 heavy (non-hydrogen) atoms. The zero-order valence-electron chi connectivity index (χ0n) is 9.83. The number of hydrogen-bond donors (Lipinski definition) is 2. The van der Waals surface area contributed by atoms with E-state index in [1.807, 2.05) is 11.8 Å². The Labute approximate surface area is 96.3 Å². The van der Waals surface area contributed by atoms with Crippen molar-refractivity contribution in [3.63, 3.8) is 0 Å². The van der Waals surface area contributed by atoms with Gasteiger partial charge >= 0.3 is 0 Å². The Bertz CT molecular complexity index is 298. The summed E-state index contributed by atoms with van der Waals surface area (Å²) in [5.41, 5.74) is 2.16. The second-order valence-corrected chi connectivity index (χ2v) is 4.75. The smallest absolute Gasteiger partial charge is 0.249 e. The van der Waals surface area contributed by atoms with Crippen LogP contribution in [0.15, 0.2) is 11.1 Å². The molecule has 2 heterocycles. The second-order valence-electron chi connectivity index (χ2n) is 4.75. The lowest BCUT2D eigenvalue weighted by atomic mass is 9.96. The minimum Gasteiger partial charge on any atom is -0.396 e. The maximum absolute atomic E-state index is 12.1. The van der Waals surface area contributed by atoms with Crippen LogP contribution in [0.1, 0.15) is 19.8 Å². The molecule has 2 aliphatic heterocycles. The highest BCUT2D eigenvalue weighted by molar-refractivity contribution is 5.94. The molecule has 0 aliphatic carbocycles. The first kappa shape index (κ1) is 11.6. The molecule has 0 aromatic rings. The van der Waals surface area contributed by atoms with Crippen molar-refractivity contribution in [2.75, 3.05) is 32.8 Å². The predicted molar refractivity (Wildman–Crippen MR) is 62.0 cm³/mol. The fourth-order valence-corrected chi connectivity index (χ4v) is 2.22. The number of likely N-dealkylation sites (tertiary alicyclic amines) is 1. The van der Waals surface area contributed by atoms with Crippen molar-refractivity contribution in [3.05, 3.63) is 11.1 Å². The van der Waals surface area contributed by atoms with Crippen LogP contribution in [0.25, 0.3) is 0 Å². The molecule has 0 aromatic carbocycles. The molecule has 0 aromatic heterocycles. The van der Waals surface area contributed by atoms with Crippen LogP contribution in [-0.2, 0) is 4.79 Å². The van der Waals surface area contributed by atoms with Crippen molar-refractivity contribution < 1.29 is 9.90 Å². The number of carbonyl (C=O) groups excluding carboxylic acids is 1. The van der Waals surface area contributed by atoms with E-state index < -0.39 is 0 Å². The van der Waals surface area contributed by atoms with Gasteiger partial charge in [0.15, 0.2) is 0 Å². The van der Waals surface area contributed by atoms with E-state index in [1.54, 1.807) is 0 Å². The number of nitrogens with one attached hydrogen (secondary N) is 1. The normalized spacial score (nSPS) is 21.9. The summed E-state index contributed by atoms with van der Waals surface area (Å²) in [6.45, 7) is 5.50. The molecule has 2 aliphatic rings. The number of hydrogen-bond acceptors (Lipinski definition) is 3. The second kappa shape index (κ2) is 4.97. The zero-order chi connectivity index (χ0) is 11.5. The van der Waals surface area contributed by atoms with Crippen LogP contribution < -0.4 is 5.32 Å². The SMILES string of the molecule is CC(C(=O)N1CCC(CO)CC1)=C1CNC1. The molecule has 2 saturated heterocycles. The molecule has 4 heteroatoms. The van der Waals surface area contributed by atoms with Crippen LogP contribution in [0.5, 0.6) is 0 Å². The van der Waals surface area contributed by atoms with Crippen LogP contribution in [0, 0.1) is 5.92 Å². The lowest BCUT2D eigenvalue weighted by molar-refractivity contribution is -0.128. The van der Waals surface area contributed by atoms with E-state index in [4.69, 9.17) is 5.11 Å². The van der Waals surface area contributed by atoms with Crippen LogP contribution >= 0.6 is 0 Å². The molecule has 90 valence electrons. The Balaban J connectivity index is 1.91. The molecule has 0 bridgehead atoms. The summed E-state index contributed by atoms with van der Waals surface area (Å²) in [6.07, 6.45) is 1.87. The standard InChI is InChI=1S/C12H20N2O2/c1-9(11-6-13-7-11)12(16)14-4-2-10(8-15)3-5-14/h10,13,15H,2-8H2,1H3. The van der Waals surface area contributed by atoms with Crippen LogP contribution in [0.4, 0.5) is 0 Å². The number of aliphatic hydroxyl groups excluding tert-OH is 1. The van der Waals surface area contributed by atoms with Crippen LogP contribution in [0.2, 0.25) is 0 Å². The van der Waals surface area contributed by atoms with E-state index in [2.05, 4.69) is 5.32 Å². The van der Waals surface area contributed by atoms with Crippen molar-refractivity contribution in [2.24, 2.45) is 5.92 Å². The summed E-state index contributed by atoms with van der Waals surface area (Å²) in [7, 11) is 0. The summed E-state index contributed by atoms with van der Waals surface area (Å²) < 4.78 is 0. The van der Waals surface area contributed by atoms with Crippen molar-refractivity contribution in [2.45, 2.75) is 19.8 Å². The van der Waals surface area contributed by atoms with Gasteiger partial charge in [-0.25, -0.2) is 0 Å². The molecule has 0 spiro atoms. The maximum atomic E-state index is 12.1. The van der Waals surface area contributed by atoms with Gasteiger partial charge in [0, 0.05) is 38.4 Å². The highest BCUT2D eigenvalue weighted by Gasteiger charge is 2.25. The number of carbonyl (C=O) groups is 1. The van der Waals surface area contributed by atoms with E-state index in [0.29, 0.717) is 5.92 Å². The lowest BCUT2D eigenvalue weighted by Crippen LogP contribution is -2.42. The Hall–Kier alpha value is -0.870. The first-order valence-electron chi connectivity index (χ1n) is 6.02. The molecule has 0 unspecified atom stereocenters. The molecule has 4 nitrogen and oxygen atoms in total. The monoisotopic (exact) mass is 224 g/mol. The van der Waals surface area contributed by atoms with Crippen molar-refractivity contribution >= 4 is 5.91 Å². The summed E-state index contributed by atoms with van der Waals surface area (Å²) in [6, 6.07) is 0. The largest absolute Gasteiger partial charge is 0.396 e. The lowest BCUT2D eigenvalue weighted by Gasteiger charge is -2.32. The third-order valence-corrected chi connectivity index (χ3v) is 3.69. The third kappa shape index (κ3) is 2.28. The van der Waals surface area contributed by atoms with Gasteiger partial charge in [0.2, 0.25) is 5.91 Å². The molecule has 2 fully saturated rings. The van der Waals surface area contributed by atoms with Gasteiger partial charge in [0.1, 0.15) is 0 Å². The van der Waals surface area contributed by atoms with E-state index in [-0.39, 0.29) is 12.5 Å². The molecule has 2 N–H and O–H groups in total. The number of amides is 1. The summed E-state index contributed by atoms with van der Waals surface area (Å²) in [5, 5.41) is 12.2. The van der Waals surface area contributed by atoms with Gasteiger partial charge in [-0.2, -0.15) is 0 Å². The van der Waals surface area contributed by atoms with Crippen molar-refractivity contribution in [3.8, 4) is 0 Å². The van der Waals surface area contributed by atoms with Crippen molar-refractivity contribution in [1.82, 2.24) is 10.2 Å². The molecule has 0 saturated carbocycles. The highest BCUT2D eigenvalue weighted by Crippen LogP contribution is 2.19. The number of aliphatic hydroxyl groups is 1. The number of rotatable bonds is 2. The Morgan fingerprint density at radius 1 is 1.44 bits per heavy atom. The average Bonchev–Trinajstić information content (AvgIpc) is 2.26. The minimum atomic E-state index is 0.188. The van der Waals surface area contributed by atoms with E-state index in [9.17, 15) is 4.79 Å². The Kier molecular flexibility index (Phi) is 3.61. The van der Waals surface area contributed by atoms with Crippen LogP contribution in [-0.4, -0.2) is 48.7 Å². The summed E-state index contributed by atoms with van der Waals surface area (Å²) >= 11 is 0. The molecular weight excluding hydrogens is 204 g/mol. The van der Waals surface area contributed by atoms with Crippen molar-refractivity contribution in [1.29, 1.82) is 0 Å². The van der Waals surface area contributed by atoms with E-state index in [1.165, 1.54) is 5.57 Å². The van der Waals surface area contributed by atoms with Gasteiger partial charge in [-0.3, -0.25) is 4.79 Å². The van der Waals surface area contributed by atoms with Gasteiger partial charge in [0.05, 0.1) is 0 Å². The summed E-state index contributed by atoms with van der Waals surface area (Å²) in [4.78, 5) is 14.0. The Morgan fingerprint density at radius 3 is 2.50 bits per heavy atom. The quantitative estimate of drug-likeness (QED) is 0.656. The molecule has 0 radical (unpaired) electrons. The maximum Gasteiger partial charge on any atom is 0.249 e. The highest BCUT2D eigenvalue weighted by atomic mass is 16.3. The zero-order valence-corrected chi connectivity index (χ0v) is 9.83. The number of piperidine rings is 1. The average molecular weight is 224 g/mol. The minimum absolute atomic E-state index is 0.188. The van der Waals surface area contributed by atoms with Gasteiger partial charge in [0.25, 0.3) is 0 Å². The first-order chi connectivity index (χ1) is 7.72. The topological polar surface area (TPSA) is 52.6 Å². The first-order valence-corrected chi connectivity index (χ1v) is 6.02. The number of nitrogens with zero attached hydrogens (tertiary/aromatic N) is 1. The fourth-order valence-electron chi connectivity index (χ4n) is 2.22. The van der Waals surface area contributed by atoms with E-state index in [0.717, 1.165) is 44.6 Å². The third-order valence-electron chi connectivity index (χ3n) is 3.69. The Morgan fingerprint density at radius 2 is 2.06 bits per heavy atom. The predicted octanol–water partition coefficient (Wildman–Crippen LogP) is 0.137. The summed E-state index contributed by atoms with van der Waals surface area (Å²) in [5.74, 6) is 0.579. The molecule has 2 rings (SSSR count). The molecule has 0 atom stereocenters. The molecule has 1 amide bonds. The fraction of sp³-hybridized carbons (Fsp3) is 0.750. The molecular formula is C12H20N2O2. The van der Waals surface area contributed by atoms with E-state index >= 15 is 0 Å². The van der Waals surface area contributed by atoms with Gasteiger partial charge in [-0.1, -0.05) is 0 Å².